The van der Waals surface area contributed by atoms with E-state index >= 15 is 0 Å². The maximum Gasteiger partial charge on any atom is 0.220 e. The summed E-state index contributed by atoms with van der Waals surface area (Å²) in [5.74, 6) is 1.55. The van der Waals surface area contributed by atoms with Crippen molar-refractivity contribution in [2.24, 2.45) is 10.9 Å². The number of rotatable bonds is 5. The number of imidazole rings is 1. The van der Waals surface area contributed by atoms with Gasteiger partial charge in [0.15, 0.2) is 5.96 Å². The molecule has 2 aromatic rings. The van der Waals surface area contributed by atoms with Crippen molar-refractivity contribution in [3.63, 3.8) is 0 Å². The Labute approximate surface area is 177 Å². The monoisotopic (exact) mass is 484 g/mol. The molecule has 1 amide bonds. The molecule has 0 spiro atoms. The zero-order valence-electron chi connectivity index (χ0n) is 16.0. The predicted octanol–water partition coefficient (Wildman–Crippen LogP) is 1.92. The number of guanidine groups is 1. The number of pyridine rings is 1. The Hall–Kier alpha value is -1.84. The molecule has 2 N–H and O–H groups in total. The van der Waals surface area contributed by atoms with E-state index in [9.17, 15) is 4.79 Å². The zero-order valence-corrected chi connectivity index (χ0v) is 18.3. The molecule has 3 heterocycles. The summed E-state index contributed by atoms with van der Waals surface area (Å²) in [6.07, 6.45) is 7.63. The number of carbonyl (C=O) groups is 1. The standard InChI is InChI=1S/C19H28N6O.HI/c1-20-18(26)13-15-7-11-24(12-8-15)19(21-2)22-9-6-16-14-25-10-4-3-5-17(25)23-16;/h3-5,10,14-15H,6-9,11-13H2,1-2H3,(H,20,26)(H,21,22);1H. The highest BCUT2D eigenvalue weighted by Gasteiger charge is 2.22. The molecule has 1 fully saturated rings. The number of piperidine rings is 1. The maximum atomic E-state index is 11.5. The Morgan fingerprint density at radius 3 is 2.78 bits per heavy atom. The average molecular weight is 484 g/mol. The summed E-state index contributed by atoms with van der Waals surface area (Å²) in [6, 6.07) is 6.02. The van der Waals surface area contributed by atoms with Crippen LogP contribution in [0.4, 0.5) is 0 Å². The van der Waals surface area contributed by atoms with Crippen molar-refractivity contribution in [1.29, 1.82) is 0 Å². The van der Waals surface area contributed by atoms with Crippen LogP contribution in [0.5, 0.6) is 0 Å². The molecule has 3 rings (SSSR count). The lowest BCUT2D eigenvalue weighted by Gasteiger charge is -2.34. The summed E-state index contributed by atoms with van der Waals surface area (Å²) in [5, 5.41) is 6.16. The van der Waals surface area contributed by atoms with E-state index in [4.69, 9.17) is 0 Å². The van der Waals surface area contributed by atoms with Crippen molar-refractivity contribution in [3.05, 3.63) is 36.3 Å². The van der Waals surface area contributed by atoms with Gasteiger partial charge < -0.3 is 19.9 Å². The van der Waals surface area contributed by atoms with Gasteiger partial charge in [-0.3, -0.25) is 9.79 Å². The van der Waals surface area contributed by atoms with Gasteiger partial charge in [0.05, 0.1) is 5.69 Å². The highest BCUT2D eigenvalue weighted by Crippen LogP contribution is 2.20. The van der Waals surface area contributed by atoms with Crippen LogP contribution in [0.2, 0.25) is 0 Å². The van der Waals surface area contributed by atoms with Crippen LogP contribution >= 0.6 is 24.0 Å². The number of fused-ring (bicyclic) bond motifs is 1. The van der Waals surface area contributed by atoms with Crippen molar-refractivity contribution in [3.8, 4) is 0 Å². The van der Waals surface area contributed by atoms with Crippen LogP contribution in [0.25, 0.3) is 5.65 Å². The van der Waals surface area contributed by atoms with Gasteiger partial charge in [-0.2, -0.15) is 0 Å². The Bertz CT molecular complexity index is 733. The van der Waals surface area contributed by atoms with Gasteiger partial charge in [0.25, 0.3) is 0 Å². The van der Waals surface area contributed by atoms with Crippen LogP contribution in [-0.4, -0.2) is 59.9 Å². The van der Waals surface area contributed by atoms with Crippen LogP contribution in [0.1, 0.15) is 25.0 Å². The summed E-state index contributed by atoms with van der Waals surface area (Å²) >= 11 is 0. The number of nitrogens with one attached hydrogen (secondary N) is 2. The number of likely N-dealkylation sites (tertiary alicyclic amines) is 1. The van der Waals surface area contributed by atoms with Gasteiger partial charge >= 0.3 is 0 Å². The van der Waals surface area contributed by atoms with E-state index in [1.807, 2.05) is 35.8 Å². The smallest absolute Gasteiger partial charge is 0.220 e. The molecule has 1 aliphatic rings. The minimum atomic E-state index is 0. The molecule has 0 aromatic carbocycles. The van der Waals surface area contributed by atoms with Gasteiger partial charge in [-0.25, -0.2) is 4.98 Å². The molecule has 1 saturated heterocycles. The highest BCUT2D eigenvalue weighted by atomic mass is 127. The van der Waals surface area contributed by atoms with E-state index < -0.39 is 0 Å². The van der Waals surface area contributed by atoms with E-state index in [2.05, 4.69) is 31.7 Å². The molecule has 0 bridgehead atoms. The Morgan fingerprint density at radius 2 is 2.11 bits per heavy atom. The number of hydrogen-bond acceptors (Lipinski definition) is 3. The van der Waals surface area contributed by atoms with E-state index in [-0.39, 0.29) is 29.9 Å². The van der Waals surface area contributed by atoms with Gasteiger partial charge in [-0.05, 0) is 30.9 Å². The average Bonchev–Trinajstić information content (AvgIpc) is 3.09. The lowest BCUT2D eigenvalue weighted by Crippen LogP contribution is -2.46. The lowest BCUT2D eigenvalue weighted by atomic mass is 9.93. The summed E-state index contributed by atoms with van der Waals surface area (Å²) in [4.78, 5) is 22.8. The molecule has 1 aliphatic heterocycles. The third-order valence-electron chi connectivity index (χ3n) is 4.96. The molecule has 148 valence electrons. The molecule has 0 aliphatic carbocycles. The maximum absolute atomic E-state index is 11.5. The number of aliphatic imine (C=N–C) groups is 1. The highest BCUT2D eigenvalue weighted by molar-refractivity contribution is 14.0. The van der Waals surface area contributed by atoms with Crippen molar-refractivity contribution < 1.29 is 4.79 Å². The normalized spacial score (nSPS) is 15.5. The number of hydrogen-bond donors (Lipinski definition) is 2. The molecule has 0 saturated carbocycles. The molecule has 27 heavy (non-hydrogen) atoms. The summed E-state index contributed by atoms with van der Waals surface area (Å²) in [5.41, 5.74) is 2.05. The summed E-state index contributed by atoms with van der Waals surface area (Å²) in [7, 11) is 3.52. The van der Waals surface area contributed by atoms with Crippen LogP contribution in [0, 0.1) is 5.92 Å². The second-order valence-electron chi connectivity index (χ2n) is 6.73. The molecule has 0 atom stereocenters. The van der Waals surface area contributed by atoms with Gasteiger partial charge in [-0.15, -0.1) is 24.0 Å². The zero-order chi connectivity index (χ0) is 18.4. The van der Waals surface area contributed by atoms with Crippen LogP contribution in [0.3, 0.4) is 0 Å². The topological polar surface area (TPSA) is 74.0 Å². The van der Waals surface area contributed by atoms with Crippen LogP contribution < -0.4 is 10.6 Å². The van der Waals surface area contributed by atoms with Crippen LogP contribution in [-0.2, 0) is 11.2 Å². The lowest BCUT2D eigenvalue weighted by molar-refractivity contribution is -0.121. The summed E-state index contributed by atoms with van der Waals surface area (Å²) < 4.78 is 2.04. The van der Waals surface area contributed by atoms with E-state index in [0.29, 0.717) is 12.3 Å². The fourth-order valence-electron chi connectivity index (χ4n) is 3.46. The third kappa shape index (κ3) is 5.82. The predicted molar refractivity (Wildman–Crippen MR) is 119 cm³/mol. The Morgan fingerprint density at radius 1 is 1.33 bits per heavy atom. The molecule has 7 nitrogen and oxygen atoms in total. The fraction of sp³-hybridized carbons (Fsp3) is 0.526. The first-order valence-electron chi connectivity index (χ1n) is 9.28. The van der Waals surface area contributed by atoms with E-state index in [1.165, 1.54) is 0 Å². The van der Waals surface area contributed by atoms with Crippen molar-refractivity contribution in [1.82, 2.24) is 24.9 Å². The van der Waals surface area contributed by atoms with Gasteiger partial charge in [0, 0.05) is 59.0 Å². The quantitative estimate of drug-likeness (QED) is 0.387. The Balaban J connectivity index is 0.00000261. The third-order valence-corrected chi connectivity index (χ3v) is 4.96. The molecule has 8 heteroatoms. The Kier molecular flexibility index (Phi) is 8.33. The van der Waals surface area contributed by atoms with Gasteiger partial charge in [-0.1, -0.05) is 6.07 Å². The SMILES string of the molecule is CN=C(NCCc1cn2ccccc2n1)N1CCC(CC(=O)NC)CC1.I. The molecular formula is C19H29IN6O. The number of nitrogens with zero attached hydrogens (tertiary/aromatic N) is 4. The number of amides is 1. The first-order chi connectivity index (χ1) is 12.7. The second kappa shape index (κ2) is 10.5. The van der Waals surface area contributed by atoms with Crippen LogP contribution in [0.15, 0.2) is 35.6 Å². The number of carbonyl (C=O) groups excluding carboxylic acids is 1. The first kappa shape index (κ1) is 21.5. The minimum absolute atomic E-state index is 0. The van der Waals surface area contributed by atoms with Crippen molar-refractivity contribution >= 4 is 41.5 Å². The fourth-order valence-corrected chi connectivity index (χ4v) is 3.46. The van der Waals surface area contributed by atoms with E-state index in [0.717, 1.165) is 56.2 Å². The molecule has 2 aromatic heterocycles. The second-order valence-corrected chi connectivity index (χ2v) is 6.73. The van der Waals surface area contributed by atoms with Gasteiger partial charge in [0.1, 0.15) is 5.65 Å². The van der Waals surface area contributed by atoms with Crippen molar-refractivity contribution in [2.75, 3.05) is 33.7 Å². The van der Waals surface area contributed by atoms with E-state index in [1.54, 1.807) is 7.05 Å². The largest absolute Gasteiger partial charge is 0.359 e. The first-order valence-corrected chi connectivity index (χ1v) is 9.28. The molecular weight excluding hydrogens is 455 g/mol. The van der Waals surface area contributed by atoms with Crippen molar-refractivity contribution in [2.45, 2.75) is 25.7 Å². The number of halogens is 1. The van der Waals surface area contributed by atoms with Gasteiger partial charge in [0.2, 0.25) is 5.91 Å². The minimum Gasteiger partial charge on any atom is -0.359 e. The number of aromatic nitrogens is 2. The summed E-state index contributed by atoms with van der Waals surface area (Å²) in [6.45, 7) is 2.68. The molecule has 0 unspecified atom stereocenters. The molecule has 0 radical (unpaired) electrons.